The number of aromatic nitrogens is 1. The molecule has 1 aromatic heterocycles. The molecule has 2 rings (SSSR count). The maximum Gasteiger partial charge on any atom is 0.146 e. The van der Waals surface area contributed by atoms with Crippen molar-refractivity contribution < 1.29 is 0 Å². The number of rotatable bonds is 2. The number of hydrogen-bond donors (Lipinski definition) is 1. The quantitative estimate of drug-likeness (QED) is 0.809. The summed E-state index contributed by atoms with van der Waals surface area (Å²) in [4.78, 5) is 0. The second kappa shape index (κ2) is 3.80. The van der Waals surface area contributed by atoms with Crippen LogP contribution < -0.4 is 5.32 Å². The van der Waals surface area contributed by atoms with Crippen LogP contribution in [0.2, 0.25) is 0 Å². The third-order valence-corrected chi connectivity index (χ3v) is 2.89. The van der Waals surface area contributed by atoms with Crippen molar-refractivity contribution in [3.05, 3.63) is 40.8 Å². The first-order valence-corrected chi connectivity index (χ1v) is 5.34. The largest absolute Gasteiger partial charge is 0.339 e. The van der Waals surface area contributed by atoms with E-state index in [0.717, 1.165) is 11.5 Å². The first-order valence-electron chi connectivity index (χ1n) is 4.51. The van der Waals surface area contributed by atoms with E-state index in [1.807, 2.05) is 17.5 Å². The molecule has 0 amide bonds. The van der Waals surface area contributed by atoms with Crippen LogP contribution in [0.15, 0.2) is 29.6 Å². The second-order valence-corrected chi connectivity index (χ2v) is 3.92. The second-order valence-electron chi connectivity index (χ2n) is 3.29. The van der Waals surface area contributed by atoms with Gasteiger partial charge in [0.25, 0.3) is 0 Å². The summed E-state index contributed by atoms with van der Waals surface area (Å²) < 4.78 is 4.28. The Kier molecular flexibility index (Phi) is 2.50. The van der Waals surface area contributed by atoms with Gasteiger partial charge < -0.3 is 5.32 Å². The SMILES string of the molecule is Cc1ccccc1Nc1nscc1C. The average Bonchev–Trinajstić information content (AvgIpc) is 2.56. The zero-order valence-electron chi connectivity index (χ0n) is 8.24. The zero-order chi connectivity index (χ0) is 9.97. The van der Waals surface area contributed by atoms with E-state index in [9.17, 15) is 0 Å². The van der Waals surface area contributed by atoms with Crippen molar-refractivity contribution in [3.8, 4) is 0 Å². The van der Waals surface area contributed by atoms with E-state index in [1.165, 1.54) is 22.7 Å². The molecule has 1 aromatic carbocycles. The Labute approximate surface area is 87.8 Å². The van der Waals surface area contributed by atoms with Crippen LogP contribution in [-0.4, -0.2) is 4.37 Å². The standard InChI is InChI=1S/C11H12N2S/c1-8-5-3-4-6-10(8)12-11-9(2)7-14-13-11/h3-7H,1-2H3,(H,12,13). The molecule has 1 N–H and O–H groups in total. The van der Waals surface area contributed by atoms with Crippen LogP contribution in [0.25, 0.3) is 0 Å². The van der Waals surface area contributed by atoms with Crippen LogP contribution in [0.3, 0.4) is 0 Å². The predicted molar refractivity (Wildman–Crippen MR) is 61.3 cm³/mol. The van der Waals surface area contributed by atoms with Gasteiger partial charge in [-0.15, -0.1) is 0 Å². The van der Waals surface area contributed by atoms with E-state index >= 15 is 0 Å². The van der Waals surface area contributed by atoms with Gasteiger partial charge in [0.2, 0.25) is 0 Å². The molecule has 2 nitrogen and oxygen atoms in total. The van der Waals surface area contributed by atoms with E-state index in [4.69, 9.17) is 0 Å². The minimum absolute atomic E-state index is 0.962. The summed E-state index contributed by atoms with van der Waals surface area (Å²) in [5, 5.41) is 5.36. The Balaban J connectivity index is 2.28. The molecule has 0 aliphatic heterocycles. The summed E-state index contributed by atoms with van der Waals surface area (Å²) in [6, 6.07) is 8.21. The summed E-state index contributed by atoms with van der Waals surface area (Å²) >= 11 is 1.48. The number of aryl methyl sites for hydroxylation is 2. The molecule has 0 saturated carbocycles. The lowest BCUT2D eigenvalue weighted by Gasteiger charge is -2.06. The summed E-state index contributed by atoms with van der Waals surface area (Å²) in [5.74, 6) is 0.962. The van der Waals surface area contributed by atoms with Crippen molar-refractivity contribution in [2.45, 2.75) is 13.8 Å². The fraction of sp³-hybridized carbons (Fsp3) is 0.182. The molecule has 3 heteroatoms. The minimum atomic E-state index is 0.962. The van der Waals surface area contributed by atoms with E-state index in [1.54, 1.807) is 0 Å². The molecule has 0 fully saturated rings. The monoisotopic (exact) mass is 204 g/mol. The number of nitrogens with one attached hydrogen (secondary N) is 1. The molecular weight excluding hydrogens is 192 g/mol. The van der Waals surface area contributed by atoms with Crippen LogP contribution >= 0.6 is 11.5 Å². The lowest BCUT2D eigenvalue weighted by atomic mass is 10.2. The van der Waals surface area contributed by atoms with Crippen molar-refractivity contribution in [1.29, 1.82) is 0 Å². The van der Waals surface area contributed by atoms with Gasteiger partial charge in [-0.3, -0.25) is 0 Å². The van der Waals surface area contributed by atoms with Crippen molar-refractivity contribution in [3.63, 3.8) is 0 Å². The van der Waals surface area contributed by atoms with Gasteiger partial charge in [0.05, 0.1) is 0 Å². The Bertz CT molecular complexity index is 434. The van der Waals surface area contributed by atoms with Crippen LogP contribution in [0.4, 0.5) is 11.5 Å². The van der Waals surface area contributed by atoms with E-state index in [0.29, 0.717) is 0 Å². The lowest BCUT2D eigenvalue weighted by Crippen LogP contribution is -1.93. The van der Waals surface area contributed by atoms with Gasteiger partial charge in [0, 0.05) is 16.6 Å². The Morgan fingerprint density at radius 3 is 2.57 bits per heavy atom. The van der Waals surface area contributed by atoms with Crippen molar-refractivity contribution in [2.75, 3.05) is 5.32 Å². The molecular formula is C11H12N2S. The van der Waals surface area contributed by atoms with Gasteiger partial charge in [-0.25, -0.2) is 0 Å². The van der Waals surface area contributed by atoms with Gasteiger partial charge in [-0.1, -0.05) is 18.2 Å². The van der Waals surface area contributed by atoms with Crippen LogP contribution in [0.5, 0.6) is 0 Å². The summed E-state index contributed by atoms with van der Waals surface area (Å²) in [6.45, 7) is 4.15. The molecule has 0 saturated heterocycles. The van der Waals surface area contributed by atoms with Crippen molar-refractivity contribution >= 4 is 23.0 Å². The summed E-state index contributed by atoms with van der Waals surface area (Å²) in [6.07, 6.45) is 0. The van der Waals surface area contributed by atoms with Gasteiger partial charge in [-0.05, 0) is 37.0 Å². The molecule has 0 unspecified atom stereocenters. The molecule has 0 atom stereocenters. The molecule has 0 spiro atoms. The van der Waals surface area contributed by atoms with E-state index in [-0.39, 0.29) is 0 Å². The van der Waals surface area contributed by atoms with Crippen molar-refractivity contribution in [2.24, 2.45) is 0 Å². The highest BCUT2D eigenvalue weighted by Crippen LogP contribution is 2.22. The Hall–Kier alpha value is -1.35. The molecule has 0 aliphatic rings. The third kappa shape index (κ3) is 1.77. The summed E-state index contributed by atoms with van der Waals surface area (Å²) in [7, 11) is 0. The van der Waals surface area contributed by atoms with Crippen LogP contribution in [0.1, 0.15) is 11.1 Å². The maximum atomic E-state index is 4.28. The zero-order valence-corrected chi connectivity index (χ0v) is 9.06. The first-order chi connectivity index (χ1) is 6.77. The molecule has 0 bridgehead atoms. The van der Waals surface area contributed by atoms with Crippen molar-refractivity contribution in [1.82, 2.24) is 4.37 Å². The number of nitrogens with zero attached hydrogens (tertiary/aromatic N) is 1. The minimum Gasteiger partial charge on any atom is -0.339 e. The van der Waals surface area contributed by atoms with Gasteiger partial charge in [-0.2, -0.15) is 4.37 Å². The van der Waals surface area contributed by atoms with Crippen LogP contribution in [-0.2, 0) is 0 Å². The highest BCUT2D eigenvalue weighted by molar-refractivity contribution is 7.04. The maximum absolute atomic E-state index is 4.28. The van der Waals surface area contributed by atoms with Gasteiger partial charge in [0.15, 0.2) is 0 Å². The van der Waals surface area contributed by atoms with Gasteiger partial charge in [0.1, 0.15) is 5.82 Å². The van der Waals surface area contributed by atoms with E-state index < -0.39 is 0 Å². The molecule has 14 heavy (non-hydrogen) atoms. The normalized spacial score (nSPS) is 10.1. The third-order valence-electron chi connectivity index (χ3n) is 2.15. The molecule has 2 aromatic rings. The fourth-order valence-electron chi connectivity index (χ4n) is 1.25. The summed E-state index contributed by atoms with van der Waals surface area (Å²) in [5.41, 5.74) is 3.56. The van der Waals surface area contributed by atoms with Gasteiger partial charge >= 0.3 is 0 Å². The Morgan fingerprint density at radius 2 is 1.93 bits per heavy atom. The molecule has 0 radical (unpaired) electrons. The molecule has 0 aliphatic carbocycles. The molecule has 1 heterocycles. The smallest absolute Gasteiger partial charge is 0.146 e. The highest BCUT2D eigenvalue weighted by Gasteiger charge is 2.02. The number of para-hydroxylation sites is 1. The predicted octanol–water partition coefficient (Wildman–Crippen LogP) is 3.50. The van der Waals surface area contributed by atoms with Crippen LogP contribution in [0, 0.1) is 13.8 Å². The number of hydrogen-bond acceptors (Lipinski definition) is 3. The topological polar surface area (TPSA) is 24.9 Å². The lowest BCUT2D eigenvalue weighted by molar-refractivity contribution is 1.36. The highest BCUT2D eigenvalue weighted by atomic mass is 32.1. The number of benzene rings is 1. The fourth-order valence-corrected chi connectivity index (χ4v) is 1.87. The van der Waals surface area contributed by atoms with E-state index in [2.05, 4.69) is 35.7 Å². The average molecular weight is 204 g/mol. The first kappa shape index (κ1) is 9.21. The molecule has 72 valence electrons. The number of anilines is 2. The Morgan fingerprint density at radius 1 is 1.14 bits per heavy atom.